The summed E-state index contributed by atoms with van der Waals surface area (Å²) in [6.07, 6.45) is 0.600. The first-order chi connectivity index (χ1) is 8.06. The van der Waals surface area contributed by atoms with Crippen molar-refractivity contribution in [3.05, 3.63) is 34.1 Å². The summed E-state index contributed by atoms with van der Waals surface area (Å²) in [6, 6.07) is 5.98. The first-order valence-electron chi connectivity index (χ1n) is 5.41. The Kier molecular flexibility index (Phi) is 3.59. The summed E-state index contributed by atoms with van der Waals surface area (Å²) in [5, 5.41) is 3.97. The molecular weight excluding hydrogens is 282 g/mol. The lowest BCUT2D eigenvalue weighted by Gasteiger charge is -2.00. The lowest BCUT2D eigenvalue weighted by atomic mass is 10.1. The topological polar surface area (TPSA) is 64.9 Å². The van der Waals surface area contributed by atoms with Gasteiger partial charge in [-0.2, -0.15) is 4.98 Å². The highest BCUT2D eigenvalue weighted by molar-refractivity contribution is 9.10. The SMILES string of the molecule is Cc1cc(Br)ccc1-c1noc(CC(C)N)n1. The Labute approximate surface area is 108 Å². The van der Waals surface area contributed by atoms with Crippen LogP contribution in [0.3, 0.4) is 0 Å². The summed E-state index contributed by atoms with van der Waals surface area (Å²) < 4.78 is 6.20. The van der Waals surface area contributed by atoms with E-state index >= 15 is 0 Å². The summed E-state index contributed by atoms with van der Waals surface area (Å²) in [4.78, 5) is 4.34. The molecule has 0 bridgehead atoms. The van der Waals surface area contributed by atoms with Crippen LogP contribution in [-0.2, 0) is 6.42 Å². The van der Waals surface area contributed by atoms with Gasteiger partial charge in [-0.3, -0.25) is 0 Å². The molecule has 0 saturated heterocycles. The van der Waals surface area contributed by atoms with E-state index in [1.54, 1.807) is 0 Å². The number of hydrogen-bond donors (Lipinski definition) is 1. The third-order valence-electron chi connectivity index (χ3n) is 2.39. The molecule has 5 heteroatoms. The molecule has 0 aliphatic heterocycles. The lowest BCUT2D eigenvalue weighted by Crippen LogP contribution is -2.17. The fraction of sp³-hybridized carbons (Fsp3) is 0.333. The highest BCUT2D eigenvalue weighted by Gasteiger charge is 2.11. The van der Waals surface area contributed by atoms with Crippen LogP contribution in [0.25, 0.3) is 11.4 Å². The minimum absolute atomic E-state index is 0.0225. The second-order valence-corrected chi connectivity index (χ2v) is 5.07. The summed E-state index contributed by atoms with van der Waals surface area (Å²) in [6.45, 7) is 3.93. The second kappa shape index (κ2) is 4.98. The third kappa shape index (κ3) is 2.92. The van der Waals surface area contributed by atoms with Gasteiger partial charge in [-0.05, 0) is 37.6 Å². The van der Waals surface area contributed by atoms with Crippen LogP contribution in [0.2, 0.25) is 0 Å². The van der Waals surface area contributed by atoms with Gasteiger partial charge in [0, 0.05) is 22.5 Å². The Morgan fingerprint density at radius 2 is 2.24 bits per heavy atom. The minimum atomic E-state index is 0.0225. The lowest BCUT2D eigenvalue weighted by molar-refractivity contribution is 0.372. The van der Waals surface area contributed by atoms with Crippen LogP contribution in [0, 0.1) is 6.92 Å². The van der Waals surface area contributed by atoms with Crippen LogP contribution < -0.4 is 5.73 Å². The van der Waals surface area contributed by atoms with Gasteiger partial charge in [0.2, 0.25) is 11.7 Å². The van der Waals surface area contributed by atoms with E-state index in [9.17, 15) is 0 Å². The van der Waals surface area contributed by atoms with E-state index in [1.807, 2.05) is 32.0 Å². The Morgan fingerprint density at radius 1 is 1.47 bits per heavy atom. The van der Waals surface area contributed by atoms with Crippen LogP contribution in [0.1, 0.15) is 18.4 Å². The molecule has 0 amide bonds. The van der Waals surface area contributed by atoms with E-state index in [-0.39, 0.29) is 6.04 Å². The smallest absolute Gasteiger partial charge is 0.228 e. The second-order valence-electron chi connectivity index (χ2n) is 4.15. The van der Waals surface area contributed by atoms with Gasteiger partial charge in [-0.25, -0.2) is 0 Å². The minimum Gasteiger partial charge on any atom is -0.339 e. The number of aromatic nitrogens is 2. The number of hydrogen-bond acceptors (Lipinski definition) is 4. The summed E-state index contributed by atoms with van der Waals surface area (Å²) in [7, 11) is 0. The molecule has 2 rings (SSSR count). The molecule has 2 aromatic rings. The van der Waals surface area contributed by atoms with E-state index in [4.69, 9.17) is 10.3 Å². The molecule has 90 valence electrons. The van der Waals surface area contributed by atoms with E-state index in [0.717, 1.165) is 15.6 Å². The molecular formula is C12H14BrN3O. The van der Waals surface area contributed by atoms with Gasteiger partial charge >= 0.3 is 0 Å². The zero-order chi connectivity index (χ0) is 12.4. The first kappa shape index (κ1) is 12.3. The van der Waals surface area contributed by atoms with Crippen molar-refractivity contribution in [3.63, 3.8) is 0 Å². The van der Waals surface area contributed by atoms with Crippen LogP contribution in [0.5, 0.6) is 0 Å². The van der Waals surface area contributed by atoms with Gasteiger partial charge in [-0.1, -0.05) is 21.1 Å². The third-order valence-corrected chi connectivity index (χ3v) is 2.89. The number of benzene rings is 1. The monoisotopic (exact) mass is 295 g/mol. The predicted molar refractivity (Wildman–Crippen MR) is 69.5 cm³/mol. The van der Waals surface area contributed by atoms with Crippen molar-refractivity contribution in [2.45, 2.75) is 26.3 Å². The highest BCUT2D eigenvalue weighted by Crippen LogP contribution is 2.23. The van der Waals surface area contributed by atoms with Crippen molar-refractivity contribution < 1.29 is 4.52 Å². The highest BCUT2D eigenvalue weighted by atomic mass is 79.9. The molecule has 1 aromatic heterocycles. The fourth-order valence-corrected chi connectivity index (χ4v) is 2.08. The quantitative estimate of drug-likeness (QED) is 0.945. The summed E-state index contributed by atoms with van der Waals surface area (Å²) in [5.74, 6) is 1.20. The van der Waals surface area contributed by atoms with E-state index in [0.29, 0.717) is 18.1 Å². The number of aryl methyl sites for hydroxylation is 1. The van der Waals surface area contributed by atoms with Crippen LogP contribution >= 0.6 is 15.9 Å². The van der Waals surface area contributed by atoms with Crippen molar-refractivity contribution in [3.8, 4) is 11.4 Å². The molecule has 1 atom stereocenters. The van der Waals surface area contributed by atoms with E-state index < -0.39 is 0 Å². The molecule has 2 N–H and O–H groups in total. The Balaban J connectivity index is 2.30. The molecule has 0 aliphatic carbocycles. The first-order valence-corrected chi connectivity index (χ1v) is 6.20. The van der Waals surface area contributed by atoms with Crippen molar-refractivity contribution in [1.82, 2.24) is 10.1 Å². The van der Waals surface area contributed by atoms with Gasteiger partial charge in [0.05, 0.1) is 0 Å². The van der Waals surface area contributed by atoms with Gasteiger partial charge < -0.3 is 10.3 Å². The number of halogens is 1. The number of rotatable bonds is 3. The standard InChI is InChI=1S/C12H14BrN3O/c1-7-5-9(13)3-4-10(7)12-15-11(17-16-12)6-8(2)14/h3-5,8H,6,14H2,1-2H3. The van der Waals surface area contributed by atoms with Crippen molar-refractivity contribution in [2.24, 2.45) is 5.73 Å². The van der Waals surface area contributed by atoms with Crippen molar-refractivity contribution >= 4 is 15.9 Å². The number of nitrogens with two attached hydrogens (primary N) is 1. The zero-order valence-corrected chi connectivity index (χ0v) is 11.4. The zero-order valence-electron chi connectivity index (χ0n) is 9.77. The normalized spacial score (nSPS) is 12.7. The summed E-state index contributed by atoms with van der Waals surface area (Å²) in [5.41, 5.74) is 7.77. The number of nitrogens with zero attached hydrogens (tertiary/aromatic N) is 2. The Morgan fingerprint density at radius 3 is 2.88 bits per heavy atom. The molecule has 1 unspecified atom stereocenters. The van der Waals surface area contributed by atoms with E-state index in [1.165, 1.54) is 0 Å². The molecule has 17 heavy (non-hydrogen) atoms. The largest absolute Gasteiger partial charge is 0.339 e. The molecule has 1 heterocycles. The maximum Gasteiger partial charge on any atom is 0.228 e. The Bertz CT molecular complexity index is 522. The fourth-order valence-electron chi connectivity index (χ4n) is 1.60. The predicted octanol–water partition coefficient (Wildman–Crippen LogP) is 2.70. The summed E-state index contributed by atoms with van der Waals surface area (Å²) >= 11 is 3.43. The van der Waals surface area contributed by atoms with Gasteiger partial charge in [0.1, 0.15) is 0 Å². The van der Waals surface area contributed by atoms with Crippen LogP contribution in [0.4, 0.5) is 0 Å². The average Bonchev–Trinajstić information content (AvgIpc) is 2.65. The molecule has 0 saturated carbocycles. The van der Waals surface area contributed by atoms with Gasteiger partial charge in [0.15, 0.2) is 0 Å². The molecule has 0 fully saturated rings. The molecule has 0 aliphatic rings. The van der Waals surface area contributed by atoms with Gasteiger partial charge in [0.25, 0.3) is 0 Å². The molecule has 0 radical (unpaired) electrons. The Hall–Kier alpha value is -1.20. The molecule has 0 spiro atoms. The van der Waals surface area contributed by atoms with Crippen molar-refractivity contribution in [1.29, 1.82) is 0 Å². The van der Waals surface area contributed by atoms with Crippen molar-refractivity contribution in [2.75, 3.05) is 0 Å². The van der Waals surface area contributed by atoms with Crippen LogP contribution in [0.15, 0.2) is 27.2 Å². The molecule has 1 aromatic carbocycles. The average molecular weight is 296 g/mol. The van der Waals surface area contributed by atoms with Gasteiger partial charge in [-0.15, -0.1) is 0 Å². The van der Waals surface area contributed by atoms with E-state index in [2.05, 4.69) is 26.1 Å². The molecule has 4 nitrogen and oxygen atoms in total. The van der Waals surface area contributed by atoms with Crippen LogP contribution in [-0.4, -0.2) is 16.2 Å². The maximum atomic E-state index is 5.69. The maximum absolute atomic E-state index is 5.69.